The van der Waals surface area contributed by atoms with Gasteiger partial charge in [0, 0.05) is 12.4 Å². The number of carboxylic acids is 1. The summed E-state index contributed by atoms with van der Waals surface area (Å²) < 4.78 is 23.5. The Hall–Kier alpha value is -1.43. The number of hydrogen-bond donors (Lipinski definition) is 1. The number of hydrogen-bond acceptors (Lipinski definition) is 4. The van der Waals surface area contributed by atoms with E-state index in [2.05, 4.69) is 4.98 Å². The summed E-state index contributed by atoms with van der Waals surface area (Å²) in [6, 6.07) is 3.20. The van der Waals surface area contributed by atoms with Gasteiger partial charge in [0.1, 0.15) is 0 Å². The number of aromatic nitrogens is 1. The van der Waals surface area contributed by atoms with Crippen LogP contribution in [0.15, 0.2) is 24.5 Å². The van der Waals surface area contributed by atoms with E-state index in [0.29, 0.717) is 5.56 Å². The highest BCUT2D eigenvalue weighted by molar-refractivity contribution is 7.91. The van der Waals surface area contributed by atoms with Gasteiger partial charge in [-0.1, -0.05) is 0 Å². The van der Waals surface area contributed by atoms with Gasteiger partial charge in [-0.05, 0) is 24.6 Å². The van der Waals surface area contributed by atoms with Crippen LogP contribution in [0.25, 0.3) is 0 Å². The zero-order valence-corrected chi connectivity index (χ0v) is 9.64. The molecule has 1 aromatic rings. The van der Waals surface area contributed by atoms with Crippen LogP contribution in [0.1, 0.15) is 18.9 Å². The van der Waals surface area contributed by atoms with Gasteiger partial charge in [0.25, 0.3) is 0 Å². The SMILES string of the molecule is CC(CC(=O)O)S(=O)(=O)Cc1ccncc1. The van der Waals surface area contributed by atoms with Crippen LogP contribution < -0.4 is 0 Å². The summed E-state index contributed by atoms with van der Waals surface area (Å²) in [4.78, 5) is 14.2. The summed E-state index contributed by atoms with van der Waals surface area (Å²) in [6.07, 6.45) is 2.65. The van der Waals surface area contributed by atoms with E-state index in [1.165, 1.54) is 19.3 Å². The number of carbonyl (C=O) groups is 1. The summed E-state index contributed by atoms with van der Waals surface area (Å²) in [5, 5.41) is 7.66. The molecule has 16 heavy (non-hydrogen) atoms. The van der Waals surface area contributed by atoms with Crippen LogP contribution in [0.4, 0.5) is 0 Å². The minimum absolute atomic E-state index is 0.149. The number of nitrogens with zero attached hydrogens (tertiary/aromatic N) is 1. The summed E-state index contributed by atoms with van der Waals surface area (Å²) in [5.41, 5.74) is 0.618. The summed E-state index contributed by atoms with van der Waals surface area (Å²) in [5.74, 6) is -1.25. The van der Waals surface area contributed by atoms with Gasteiger partial charge in [-0.2, -0.15) is 0 Å². The van der Waals surface area contributed by atoms with Gasteiger partial charge in [0.15, 0.2) is 9.84 Å². The van der Waals surface area contributed by atoms with Gasteiger partial charge in [-0.3, -0.25) is 9.78 Å². The first kappa shape index (κ1) is 12.6. The van der Waals surface area contributed by atoms with Crippen molar-refractivity contribution in [2.75, 3.05) is 0 Å². The van der Waals surface area contributed by atoms with Crippen molar-refractivity contribution in [2.45, 2.75) is 24.3 Å². The quantitative estimate of drug-likeness (QED) is 0.829. The molecule has 0 aromatic carbocycles. The molecule has 5 nitrogen and oxygen atoms in total. The van der Waals surface area contributed by atoms with Crippen LogP contribution in [-0.4, -0.2) is 29.7 Å². The predicted molar refractivity (Wildman–Crippen MR) is 58.6 cm³/mol. The number of sulfone groups is 1. The zero-order valence-electron chi connectivity index (χ0n) is 8.83. The molecule has 0 saturated carbocycles. The molecular weight excluding hydrogens is 230 g/mol. The first-order chi connectivity index (χ1) is 7.42. The first-order valence-electron chi connectivity index (χ1n) is 4.74. The molecule has 88 valence electrons. The van der Waals surface area contributed by atoms with Crippen molar-refractivity contribution < 1.29 is 18.3 Å². The second kappa shape index (κ2) is 5.07. The van der Waals surface area contributed by atoms with Crippen molar-refractivity contribution in [1.82, 2.24) is 4.98 Å². The molecule has 1 atom stereocenters. The lowest BCUT2D eigenvalue weighted by molar-refractivity contribution is -0.136. The van der Waals surface area contributed by atoms with E-state index in [1.807, 2.05) is 0 Å². The lowest BCUT2D eigenvalue weighted by Crippen LogP contribution is -2.22. The van der Waals surface area contributed by atoms with Crippen LogP contribution in [0.3, 0.4) is 0 Å². The molecule has 0 aliphatic heterocycles. The summed E-state index contributed by atoms with van der Waals surface area (Å²) in [7, 11) is -3.42. The molecule has 0 radical (unpaired) electrons. The maximum Gasteiger partial charge on any atom is 0.304 e. The van der Waals surface area contributed by atoms with Gasteiger partial charge >= 0.3 is 5.97 Å². The molecule has 6 heteroatoms. The zero-order chi connectivity index (χ0) is 12.2. The Kier molecular flexibility index (Phi) is 4.00. The van der Waals surface area contributed by atoms with Crippen molar-refractivity contribution in [2.24, 2.45) is 0 Å². The number of carboxylic acid groups (broad SMARTS) is 1. The summed E-state index contributed by atoms with van der Waals surface area (Å²) in [6.45, 7) is 1.41. The molecule has 1 rings (SSSR count). The Balaban J connectivity index is 2.76. The van der Waals surface area contributed by atoms with Crippen molar-refractivity contribution >= 4 is 15.8 Å². The van der Waals surface area contributed by atoms with Gasteiger partial charge in [0.05, 0.1) is 17.4 Å². The van der Waals surface area contributed by atoms with Gasteiger partial charge in [-0.25, -0.2) is 8.42 Å². The van der Waals surface area contributed by atoms with Crippen LogP contribution >= 0.6 is 0 Å². The minimum atomic E-state index is -3.42. The molecule has 1 unspecified atom stereocenters. The van der Waals surface area contributed by atoms with E-state index < -0.39 is 21.1 Å². The second-order valence-electron chi connectivity index (χ2n) is 3.57. The average Bonchev–Trinajstić information content (AvgIpc) is 2.17. The van der Waals surface area contributed by atoms with Crippen LogP contribution in [-0.2, 0) is 20.4 Å². The first-order valence-corrected chi connectivity index (χ1v) is 6.45. The summed E-state index contributed by atoms with van der Waals surface area (Å²) >= 11 is 0. The van der Waals surface area contributed by atoms with E-state index in [-0.39, 0.29) is 12.2 Å². The maximum atomic E-state index is 11.8. The van der Waals surface area contributed by atoms with Gasteiger partial charge in [-0.15, -0.1) is 0 Å². The predicted octanol–water partition coefficient (Wildman–Crippen LogP) is 0.860. The topological polar surface area (TPSA) is 84.3 Å². The largest absolute Gasteiger partial charge is 0.481 e. The van der Waals surface area contributed by atoms with E-state index in [4.69, 9.17) is 5.11 Å². The molecule has 0 saturated heterocycles. The normalized spacial score (nSPS) is 13.3. The van der Waals surface area contributed by atoms with Crippen molar-refractivity contribution in [3.63, 3.8) is 0 Å². The lowest BCUT2D eigenvalue weighted by Gasteiger charge is -2.10. The van der Waals surface area contributed by atoms with Crippen molar-refractivity contribution in [3.05, 3.63) is 30.1 Å². The van der Waals surface area contributed by atoms with Crippen LogP contribution in [0.5, 0.6) is 0 Å². The van der Waals surface area contributed by atoms with Gasteiger partial charge < -0.3 is 5.11 Å². The standard InChI is InChI=1S/C10H13NO4S/c1-8(6-10(12)13)16(14,15)7-9-2-4-11-5-3-9/h2-5,8H,6-7H2,1H3,(H,12,13). The molecule has 1 heterocycles. The lowest BCUT2D eigenvalue weighted by atomic mass is 10.3. The fourth-order valence-corrected chi connectivity index (χ4v) is 2.56. The molecule has 0 aliphatic rings. The molecule has 1 N–H and O–H groups in total. The molecule has 0 bridgehead atoms. The highest BCUT2D eigenvalue weighted by atomic mass is 32.2. The highest BCUT2D eigenvalue weighted by Crippen LogP contribution is 2.12. The average molecular weight is 243 g/mol. The van der Waals surface area contributed by atoms with E-state index >= 15 is 0 Å². The molecule has 0 aliphatic carbocycles. The number of rotatable bonds is 5. The van der Waals surface area contributed by atoms with Crippen molar-refractivity contribution in [3.8, 4) is 0 Å². The third kappa shape index (κ3) is 3.62. The van der Waals surface area contributed by atoms with E-state index in [0.717, 1.165) is 0 Å². The Morgan fingerprint density at radius 2 is 2.00 bits per heavy atom. The fraction of sp³-hybridized carbons (Fsp3) is 0.400. The fourth-order valence-electron chi connectivity index (χ4n) is 1.23. The highest BCUT2D eigenvalue weighted by Gasteiger charge is 2.23. The smallest absolute Gasteiger partial charge is 0.304 e. The molecule has 0 amide bonds. The van der Waals surface area contributed by atoms with E-state index in [1.54, 1.807) is 12.1 Å². The van der Waals surface area contributed by atoms with Crippen molar-refractivity contribution in [1.29, 1.82) is 0 Å². The monoisotopic (exact) mass is 243 g/mol. The maximum absolute atomic E-state index is 11.8. The molecule has 0 fully saturated rings. The number of aliphatic carboxylic acids is 1. The second-order valence-corrected chi connectivity index (χ2v) is 5.99. The van der Waals surface area contributed by atoms with Crippen LogP contribution in [0.2, 0.25) is 0 Å². The Bertz CT molecular complexity index is 455. The number of pyridine rings is 1. The van der Waals surface area contributed by atoms with E-state index in [9.17, 15) is 13.2 Å². The van der Waals surface area contributed by atoms with Crippen LogP contribution in [0, 0.1) is 0 Å². The Morgan fingerprint density at radius 3 is 2.50 bits per heavy atom. The third-order valence-corrected chi connectivity index (χ3v) is 4.32. The molecular formula is C10H13NO4S. The molecule has 1 aromatic heterocycles. The minimum Gasteiger partial charge on any atom is -0.481 e. The molecule has 0 spiro atoms. The third-order valence-electron chi connectivity index (χ3n) is 2.19. The Labute approximate surface area is 94.1 Å². The van der Waals surface area contributed by atoms with Gasteiger partial charge in [0.2, 0.25) is 0 Å². The Morgan fingerprint density at radius 1 is 1.44 bits per heavy atom.